The van der Waals surface area contributed by atoms with Crippen LogP contribution >= 0.6 is 11.8 Å². The molecule has 4 nitrogen and oxygen atoms in total. The molecule has 0 N–H and O–H groups in total. The quantitative estimate of drug-likeness (QED) is 0.471. The SMILES string of the molecule is Cc1cnc(SCC(=O)c2ccn(C)c2)nc1. The van der Waals surface area contributed by atoms with Gasteiger partial charge in [0.15, 0.2) is 10.9 Å². The molecule has 88 valence electrons. The Morgan fingerprint density at radius 3 is 2.71 bits per heavy atom. The van der Waals surface area contributed by atoms with E-state index in [0.29, 0.717) is 10.9 Å². The fourth-order valence-electron chi connectivity index (χ4n) is 1.34. The number of hydrogen-bond donors (Lipinski definition) is 0. The van der Waals surface area contributed by atoms with Crippen LogP contribution in [0, 0.1) is 6.92 Å². The van der Waals surface area contributed by atoms with Gasteiger partial charge >= 0.3 is 0 Å². The number of ketones is 1. The molecule has 0 atom stereocenters. The Balaban J connectivity index is 1.94. The third-order valence-electron chi connectivity index (χ3n) is 2.24. The van der Waals surface area contributed by atoms with Crippen molar-refractivity contribution in [1.82, 2.24) is 14.5 Å². The Kier molecular flexibility index (Phi) is 3.58. The molecule has 0 aliphatic carbocycles. The number of nitrogens with zero attached hydrogens (tertiary/aromatic N) is 3. The van der Waals surface area contributed by atoms with Gasteiger partial charge in [-0.15, -0.1) is 0 Å². The smallest absolute Gasteiger partial charge is 0.187 e. The lowest BCUT2D eigenvalue weighted by molar-refractivity contribution is 0.102. The lowest BCUT2D eigenvalue weighted by atomic mass is 10.2. The zero-order valence-corrected chi connectivity index (χ0v) is 10.6. The van der Waals surface area contributed by atoms with Gasteiger partial charge in [0, 0.05) is 37.4 Å². The van der Waals surface area contributed by atoms with Gasteiger partial charge in [-0.2, -0.15) is 0 Å². The lowest BCUT2D eigenvalue weighted by Gasteiger charge is -1.98. The molecule has 17 heavy (non-hydrogen) atoms. The minimum absolute atomic E-state index is 0.0970. The highest BCUT2D eigenvalue weighted by atomic mass is 32.2. The van der Waals surface area contributed by atoms with E-state index in [1.165, 1.54) is 11.8 Å². The highest BCUT2D eigenvalue weighted by Crippen LogP contribution is 2.14. The monoisotopic (exact) mass is 247 g/mol. The third-order valence-corrected chi connectivity index (χ3v) is 3.12. The van der Waals surface area contributed by atoms with Gasteiger partial charge in [0.1, 0.15) is 0 Å². The van der Waals surface area contributed by atoms with Crippen molar-refractivity contribution in [3.8, 4) is 0 Å². The molecule has 0 aliphatic heterocycles. The Morgan fingerprint density at radius 2 is 2.12 bits per heavy atom. The van der Waals surface area contributed by atoms with Crippen LogP contribution in [-0.4, -0.2) is 26.1 Å². The van der Waals surface area contributed by atoms with Crippen molar-refractivity contribution in [3.63, 3.8) is 0 Å². The summed E-state index contributed by atoms with van der Waals surface area (Å²) in [6.07, 6.45) is 7.18. The van der Waals surface area contributed by atoms with Crippen LogP contribution in [-0.2, 0) is 7.05 Å². The van der Waals surface area contributed by atoms with Gasteiger partial charge < -0.3 is 4.57 Å². The number of carbonyl (C=O) groups is 1. The summed E-state index contributed by atoms with van der Waals surface area (Å²) in [6.45, 7) is 1.93. The first-order valence-electron chi connectivity index (χ1n) is 5.22. The van der Waals surface area contributed by atoms with Crippen LogP contribution in [0.25, 0.3) is 0 Å². The summed E-state index contributed by atoms with van der Waals surface area (Å²) in [5, 5.41) is 0.639. The number of rotatable bonds is 4. The van der Waals surface area contributed by atoms with Gasteiger partial charge in [-0.1, -0.05) is 11.8 Å². The molecular formula is C12H13N3OS. The van der Waals surface area contributed by atoms with Crippen molar-refractivity contribution in [3.05, 3.63) is 42.0 Å². The van der Waals surface area contributed by atoms with Crippen molar-refractivity contribution in [2.45, 2.75) is 12.1 Å². The molecule has 2 aromatic rings. The van der Waals surface area contributed by atoms with E-state index >= 15 is 0 Å². The van der Waals surface area contributed by atoms with E-state index in [9.17, 15) is 4.79 Å². The molecule has 0 saturated carbocycles. The second-order valence-electron chi connectivity index (χ2n) is 3.82. The van der Waals surface area contributed by atoms with Crippen molar-refractivity contribution < 1.29 is 4.79 Å². The number of hydrogen-bond acceptors (Lipinski definition) is 4. The fraction of sp³-hybridized carbons (Fsp3) is 0.250. The van der Waals surface area contributed by atoms with Gasteiger partial charge in [-0.25, -0.2) is 9.97 Å². The largest absolute Gasteiger partial charge is 0.357 e. The highest BCUT2D eigenvalue weighted by molar-refractivity contribution is 7.99. The molecule has 0 aliphatic rings. The first-order chi connectivity index (χ1) is 8.15. The van der Waals surface area contributed by atoms with Crippen molar-refractivity contribution in [2.75, 3.05) is 5.75 Å². The van der Waals surface area contributed by atoms with Crippen LogP contribution in [0.2, 0.25) is 0 Å². The second kappa shape index (κ2) is 5.14. The predicted molar refractivity (Wildman–Crippen MR) is 67.2 cm³/mol. The molecule has 0 bridgehead atoms. The number of thioether (sulfide) groups is 1. The van der Waals surface area contributed by atoms with E-state index in [-0.39, 0.29) is 5.78 Å². The third kappa shape index (κ3) is 3.17. The average Bonchev–Trinajstić information content (AvgIpc) is 2.75. The zero-order chi connectivity index (χ0) is 12.3. The molecule has 5 heteroatoms. The first-order valence-corrected chi connectivity index (χ1v) is 6.20. The maximum Gasteiger partial charge on any atom is 0.187 e. The fourth-order valence-corrected chi connectivity index (χ4v) is 2.02. The molecule has 0 spiro atoms. The van der Waals surface area contributed by atoms with E-state index in [4.69, 9.17) is 0 Å². The number of aryl methyl sites for hydroxylation is 2. The maximum atomic E-state index is 11.8. The number of aromatic nitrogens is 3. The molecule has 2 aromatic heterocycles. The minimum atomic E-state index is 0.0970. The van der Waals surface area contributed by atoms with E-state index in [1.54, 1.807) is 12.4 Å². The summed E-state index contributed by atoms with van der Waals surface area (Å²) in [4.78, 5) is 20.1. The van der Waals surface area contributed by atoms with E-state index in [2.05, 4.69) is 9.97 Å². The summed E-state index contributed by atoms with van der Waals surface area (Å²) in [6, 6.07) is 1.82. The molecular weight excluding hydrogens is 234 g/mol. The molecule has 0 amide bonds. The Morgan fingerprint density at radius 1 is 1.41 bits per heavy atom. The number of carbonyl (C=O) groups excluding carboxylic acids is 1. The second-order valence-corrected chi connectivity index (χ2v) is 4.76. The minimum Gasteiger partial charge on any atom is -0.357 e. The van der Waals surface area contributed by atoms with Gasteiger partial charge in [0.2, 0.25) is 0 Å². The molecule has 2 rings (SSSR count). The summed E-state index contributed by atoms with van der Waals surface area (Å²) in [5.41, 5.74) is 1.75. The molecule has 0 radical (unpaired) electrons. The standard InChI is InChI=1S/C12H13N3OS/c1-9-5-13-12(14-6-9)17-8-11(16)10-3-4-15(2)7-10/h3-7H,8H2,1-2H3. The first kappa shape index (κ1) is 11.9. The van der Waals surface area contributed by atoms with Gasteiger partial charge in [0.05, 0.1) is 5.75 Å². The highest BCUT2D eigenvalue weighted by Gasteiger charge is 2.08. The van der Waals surface area contributed by atoms with Crippen LogP contribution in [0.4, 0.5) is 0 Å². The summed E-state index contributed by atoms with van der Waals surface area (Å²) < 4.78 is 1.86. The molecule has 0 fully saturated rings. The van der Waals surface area contributed by atoms with Crippen LogP contribution in [0.15, 0.2) is 36.0 Å². The normalized spacial score (nSPS) is 10.5. The maximum absolute atomic E-state index is 11.8. The summed E-state index contributed by atoms with van der Waals surface area (Å²) >= 11 is 1.36. The average molecular weight is 247 g/mol. The van der Waals surface area contributed by atoms with Crippen molar-refractivity contribution >= 4 is 17.5 Å². The van der Waals surface area contributed by atoms with Crippen molar-refractivity contribution in [2.24, 2.45) is 7.05 Å². The molecule has 0 aromatic carbocycles. The van der Waals surface area contributed by atoms with Crippen LogP contribution < -0.4 is 0 Å². The van der Waals surface area contributed by atoms with E-state index in [0.717, 1.165) is 11.1 Å². The van der Waals surface area contributed by atoms with Crippen LogP contribution in [0.1, 0.15) is 15.9 Å². The van der Waals surface area contributed by atoms with Crippen LogP contribution in [0.5, 0.6) is 0 Å². The summed E-state index contributed by atoms with van der Waals surface area (Å²) in [7, 11) is 1.90. The van der Waals surface area contributed by atoms with Gasteiger partial charge in [-0.3, -0.25) is 4.79 Å². The Hall–Kier alpha value is -1.62. The van der Waals surface area contributed by atoms with Crippen molar-refractivity contribution in [1.29, 1.82) is 0 Å². The van der Waals surface area contributed by atoms with E-state index < -0.39 is 0 Å². The predicted octanol–water partition coefficient (Wildman–Crippen LogP) is 2.10. The Bertz CT molecular complexity index is 519. The molecule has 0 unspecified atom stereocenters. The van der Waals surface area contributed by atoms with E-state index in [1.807, 2.05) is 37.0 Å². The van der Waals surface area contributed by atoms with Crippen LogP contribution in [0.3, 0.4) is 0 Å². The number of Topliss-reactive ketones (excluding diaryl/α,β-unsaturated/α-hetero) is 1. The lowest BCUT2D eigenvalue weighted by Crippen LogP contribution is -2.02. The van der Waals surface area contributed by atoms with Gasteiger partial charge in [0.25, 0.3) is 0 Å². The Labute approximate surface area is 104 Å². The topological polar surface area (TPSA) is 47.8 Å². The molecule has 2 heterocycles. The molecule has 0 saturated heterocycles. The zero-order valence-electron chi connectivity index (χ0n) is 9.75. The van der Waals surface area contributed by atoms with Gasteiger partial charge in [-0.05, 0) is 18.6 Å². The summed E-state index contributed by atoms with van der Waals surface area (Å²) in [5.74, 6) is 0.465.